The van der Waals surface area contributed by atoms with Crippen LogP contribution in [0.5, 0.6) is 5.75 Å². The van der Waals surface area contributed by atoms with Gasteiger partial charge in [0.15, 0.2) is 0 Å². The average Bonchev–Trinajstić information content (AvgIpc) is 3.24. The van der Waals surface area contributed by atoms with Gasteiger partial charge in [0.25, 0.3) is 0 Å². The van der Waals surface area contributed by atoms with Gasteiger partial charge in [-0.15, -0.1) is 0 Å². The lowest BCUT2D eigenvalue weighted by Gasteiger charge is -2.28. The molecule has 2 aliphatic rings. The zero-order valence-electron chi connectivity index (χ0n) is 15.8. The highest BCUT2D eigenvalue weighted by atomic mass is 16.6. The Kier molecular flexibility index (Phi) is 6.51. The minimum absolute atomic E-state index is 0.0189. The van der Waals surface area contributed by atoms with E-state index in [1.165, 1.54) is 0 Å². The SMILES string of the molecule is CCCCOc1ccc(NC(=O)CN2C[C@@H](OC)[C@@]3(CCCO3)C2)cc1. The quantitative estimate of drug-likeness (QED) is 0.721. The lowest BCUT2D eigenvalue weighted by Crippen LogP contribution is -2.42. The van der Waals surface area contributed by atoms with Crippen LogP contribution in [-0.2, 0) is 14.3 Å². The zero-order chi connectivity index (χ0) is 18.4. The van der Waals surface area contributed by atoms with Crippen LogP contribution in [0.15, 0.2) is 24.3 Å². The molecular formula is C20H30N2O4. The van der Waals surface area contributed by atoms with Crippen LogP contribution in [0.25, 0.3) is 0 Å². The first-order valence-corrected chi connectivity index (χ1v) is 9.57. The summed E-state index contributed by atoms with van der Waals surface area (Å²) in [6, 6.07) is 7.54. The highest BCUT2D eigenvalue weighted by Gasteiger charge is 2.50. The topological polar surface area (TPSA) is 60.0 Å². The van der Waals surface area contributed by atoms with Crippen molar-refractivity contribution in [3.8, 4) is 5.75 Å². The van der Waals surface area contributed by atoms with Gasteiger partial charge in [-0.2, -0.15) is 0 Å². The minimum Gasteiger partial charge on any atom is -0.494 e. The van der Waals surface area contributed by atoms with Crippen molar-refractivity contribution in [3.05, 3.63) is 24.3 Å². The van der Waals surface area contributed by atoms with E-state index in [1.807, 2.05) is 24.3 Å². The number of rotatable bonds is 8. The van der Waals surface area contributed by atoms with Crippen LogP contribution < -0.4 is 10.1 Å². The molecule has 3 rings (SSSR count). The summed E-state index contributed by atoms with van der Waals surface area (Å²) >= 11 is 0. The summed E-state index contributed by atoms with van der Waals surface area (Å²) in [6.45, 7) is 5.48. The fourth-order valence-electron chi connectivity index (χ4n) is 3.83. The molecule has 1 N–H and O–H groups in total. The molecule has 26 heavy (non-hydrogen) atoms. The van der Waals surface area contributed by atoms with Crippen LogP contribution in [0, 0.1) is 0 Å². The summed E-state index contributed by atoms with van der Waals surface area (Å²) in [5.41, 5.74) is 0.555. The van der Waals surface area contributed by atoms with Gasteiger partial charge in [0.1, 0.15) is 11.4 Å². The van der Waals surface area contributed by atoms with Gasteiger partial charge in [0.05, 0.1) is 19.3 Å². The maximum atomic E-state index is 12.4. The third-order valence-corrected chi connectivity index (χ3v) is 5.19. The molecule has 144 valence electrons. The summed E-state index contributed by atoms with van der Waals surface area (Å²) < 4.78 is 17.2. The van der Waals surface area contributed by atoms with E-state index in [0.29, 0.717) is 6.54 Å². The van der Waals surface area contributed by atoms with Crippen molar-refractivity contribution >= 4 is 11.6 Å². The number of carbonyl (C=O) groups is 1. The molecule has 0 bridgehead atoms. The molecule has 2 fully saturated rings. The van der Waals surface area contributed by atoms with E-state index in [-0.39, 0.29) is 17.6 Å². The van der Waals surface area contributed by atoms with Crippen LogP contribution in [0.3, 0.4) is 0 Å². The number of hydrogen-bond donors (Lipinski definition) is 1. The minimum atomic E-state index is -0.230. The number of nitrogens with zero attached hydrogens (tertiary/aromatic N) is 1. The first-order valence-electron chi connectivity index (χ1n) is 9.57. The molecule has 2 aliphatic heterocycles. The van der Waals surface area contributed by atoms with Crippen molar-refractivity contribution in [2.45, 2.75) is 44.3 Å². The monoisotopic (exact) mass is 362 g/mol. The number of ether oxygens (including phenoxy) is 3. The second kappa shape index (κ2) is 8.84. The number of methoxy groups -OCH3 is 1. The molecule has 2 saturated heterocycles. The Labute approximate surface area is 155 Å². The fourth-order valence-corrected chi connectivity index (χ4v) is 3.83. The number of benzene rings is 1. The van der Waals surface area contributed by atoms with Crippen LogP contribution in [0.1, 0.15) is 32.6 Å². The molecule has 2 atom stereocenters. The molecule has 1 amide bonds. The summed E-state index contributed by atoms with van der Waals surface area (Å²) in [4.78, 5) is 14.5. The second-order valence-electron chi connectivity index (χ2n) is 7.19. The van der Waals surface area contributed by atoms with Crippen molar-refractivity contribution in [1.29, 1.82) is 0 Å². The molecule has 0 radical (unpaired) electrons. The number of carbonyl (C=O) groups excluding carboxylic acids is 1. The molecule has 0 saturated carbocycles. The molecule has 1 spiro atoms. The third kappa shape index (κ3) is 4.55. The standard InChI is InChI=1S/C20H30N2O4/c1-3-4-11-25-17-8-6-16(7-9-17)21-19(23)14-22-13-18(24-2)20(15-22)10-5-12-26-20/h6-9,18H,3-5,10-15H2,1-2H3,(H,21,23)/t18-,20-/m1/s1. The molecule has 6 heteroatoms. The lowest BCUT2D eigenvalue weighted by atomic mass is 9.97. The summed E-state index contributed by atoms with van der Waals surface area (Å²) in [6.07, 6.45) is 4.26. The molecule has 0 aromatic heterocycles. The zero-order valence-corrected chi connectivity index (χ0v) is 15.8. The van der Waals surface area contributed by atoms with Gasteiger partial charge in [-0.1, -0.05) is 13.3 Å². The van der Waals surface area contributed by atoms with Gasteiger partial charge in [-0.3, -0.25) is 9.69 Å². The Morgan fingerprint density at radius 1 is 1.38 bits per heavy atom. The molecule has 1 aromatic rings. The number of amides is 1. The van der Waals surface area contributed by atoms with Gasteiger partial charge < -0.3 is 19.5 Å². The summed E-state index contributed by atoms with van der Waals surface area (Å²) in [7, 11) is 1.72. The highest BCUT2D eigenvalue weighted by molar-refractivity contribution is 5.92. The predicted molar refractivity (Wildman–Crippen MR) is 101 cm³/mol. The van der Waals surface area contributed by atoms with Crippen molar-refractivity contribution < 1.29 is 19.0 Å². The van der Waals surface area contributed by atoms with Crippen molar-refractivity contribution in [1.82, 2.24) is 4.90 Å². The predicted octanol–water partition coefficient (Wildman–Crippen LogP) is 2.68. The molecule has 1 aromatic carbocycles. The van der Waals surface area contributed by atoms with Gasteiger partial charge >= 0.3 is 0 Å². The average molecular weight is 362 g/mol. The third-order valence-electron chi connectivity index (χ3n) is 5.19. The van der Waals surface area contributed by atoms with Gasteiger partial charge in [0.2, 0.25) is 5.91 Å². The Morgan fingerprint density at radius 3 is 2.85 bits per heavy atom. The van der Waals surface area contributed by atoms with E-state index in [9.17, 15) is 4.79 Å². The maximum absolute atomic E-state index is 12.4. The maximum Gasteiger partial charge on any atom is 0.238 e. The fraction of sp³-hybridized carbons (Fsp3) is 0.650. The summed E-state index contributed by atoms with van der Waals surface area (Å²) in [5.74, 6) is 0.814. The highest BCUT2D eigenvalue weighted by Crippen LogP contribution is 2.36. The molecule has 0 aliphatic carbocycles. The number of likely N-dealkylation sites (tertiary alicyclic amines) is 1. The van der Waals surface area contributed by atoms with Gasteiger partial charge in [-0.05, 0) is 43.5 Å². The number of anilines is 1. The van der Waals surface area contributed by atoms with Gasteiger partial charge in [-0.25, -0.2) is 0 Å². The normalized spacial score (nSPS) is 25.7. The van der Waals surface area contributed by atoms with Crippen molar-refractivity contribution in [2.75, 3.05) is 45.3 Å². The number of unbranched alkanes of at least 4 members (excludes halogenated alkanes) is 1. The van der Waals surface area contributed by atoms with E-state index < -0.39 is 0 Å². The van der Waals surface area contributed by atoms with Crippen molar-refractivity contribution in [3.63, 3.8) is 0 Å². The first kappa shape index (κ1) is 19.1. The number of hydrogen-bond acceptors (Lipinski definition) is 5. The second-order valence-corrected chi connectivity index (χ2v) is 7.19. The summed E-state index contributed by atoms with van der Waals surface area (Å²) in [5, 5.41) is 2.96. The molecular weight excluding hydrogens is 332 g/mol. The Hall–Kier alpha value is -1.63. The van der Waals surface area contributed by atoms with Crippen LogP contribution >= 0.6 is 0 Å². The van der Waals surface area contributed by atoms with E-state index in [1.54, 1.807) is 7.11 Å². The van der Waals surface area contributed by atoms with E-state index in [0.717, 1.165) is 63.4 Å². The number of nitrogens with one attached hydrogen (secondary N) is 1. The lowest BCUT2D eigenvalue weighted by molar-refractivity contribution is -0.117. The van der Waals surface area contributed by atoms with E-state index in [4.69, 9.17) is 14.2 Å². The van der Waals surface area contributed by atoms with Crippen molar-refractivity contribution in [2.24, 2.45) is 0 Å². The molecule has 0 unspecified atom stereocenters. The molecule has 2 heterocycles. The largest absolute Gasteiger partial charge is 0.494 e. The van der Waals surface area contributed by atoms with Crippen LogP contribution in [0.2, 0.25) is 0 Å². The van der Waals surface area contributed by atoms with E-state index in [2.05, 4.69) is 17.1 Å². The first-order chi connectivity index (χ1) is 12.6. The van der Waals surface area contributed by atoms with E-state index >= 15 is 0 Å². The Bertz CT molecular complexity index is 584. The Morgan fingerprint density at radius 2 is 2.19 bits per heavy atom. The van der Waals surface area contributed by atoms with Crippen LogP contribution in [-0.4, -0.2) is 62.5 Å². The van der Waals surface area contributed by atoms with Gasteiger partial charge in [0, 0.05) is 32.5 Å². The molecule has 6 nitrogen and oxygen atoms in total. The van der Waals surface area contributed by atoms with Crippen LogP contribution in [0.4, 0.5) is 5.69 Å². The smallest absolute Gasteiger partial charge is 0.238 e. The Balaban J connectivity index is 1.48.